The van der Waals surface area contributed by atoms with Crippen molar-refractivity contribution >= 4 is 34.7 Å². The Balaban J connectivity index is 1.38. The van der Waals surface area contributed by atoms with Crippen molar-refractivity contribution in [3.05, 3.63) is 63.9 Å². The molecule has 170 valence electrons. The highest BCUT2D eigenvalue weighted by Gasteiger charge is 2.32. The normalized spacial score (nSPS) is 14.4. The lowest BCUT2D eigenvalue weighted by Gasteiger charge is -2.12. The first-order valence-electron chi connectivity index (χ1n) is 10.8. The molecule has 0 radical (unpaired) electrons. The Morgan fingerprint density at radius 3 is 2.61 bits per heavy atom. The highest BCUT2D eigenvalue weighted by Crippen LogP contribution is 2.42. The highest BCUT2D eigenvalue weighted by molar-refractivity contribution is 8.00. The van der Waals surface area contributed by atoms with Gasteiger partial charge in [0, 0.05) is 13.1 Å². The van der Waals surface area contributed by atoms with Gasteiger partial charge in [0.05, 0.1) is 21.5 Å². The molecule has 1 saturated carbocycles. The third-order valence-corrected chi connectivity index (χ3v) is 7.69. The molecule has 10 heteroatoms. The number of hydrogen-bond donors (Lipinski definition) is 1. The third kappa shape index (κ3) is 4.04. The molecule has 4 aromatic rings. The van der Waals surface area contributed by atoms with E-state index in [9.17, 15) is 9.59 Å². The Bertz CT molecular complexity index is 1350. The van der Waals surface area contributed by atoms with Crippen molar-refractivity contribution < 1.29 is 4.79 Å². The Labute approximate surface area is 199 Å². The van der Waals surface area contributed by atoms with Gasteiger partial charge in [-0.1, -0.05) is 36.0 Å². The first-order chi connectivity index (χ1) is 16.0. The van der Waals surface area contributed by atoms with Gasteiger partial charge in [-0.25, -0.2) is 4.68 Å². The molecule has 1 amide bonds. The second-order valence-electron chi connectivity index (χ2n) is 8.07. The molecule has 0 bridgehead atoms. The molecule has 1 aromatic carbocycles. The number of carbonyl (C=O) groups excluding carboxylic acids is 1. The summed E-state index contributed by atoms with van der Waals surface area (Å²) in [5.74, 6) is 0.612. The van der Waals surface area contributed by atoms with Crippen LogP contribution in [0.3, 0.4) is 0 Å². The molecule has 5 rings (SSSR count). The van der Waals surface area contributed by atoms with Crippen molar-refractivity contribution in [3.63, 3.8) is 0 Å². The van der Waals surface area contributed by atoms with Gasteiger partial charge in [-0.05, 0) is 50.3 Å². The maximum atomic E-state index is 13.1. The smallest absolute Gasteiger partial charge is 0.295 e. The predicted molar refractivity (Wildman–Crippen MR) is 131 cm³/mol. The van der Waals surface area contributed by atoms with E-state index < -0.39 is 5.25 Å². The van der Waals surface area contributed by atoms with E-state index in [1.807, 2.05) is 68.7 Å². The first-order valence-corrected chi connectivity index (χ1v) is 12.5. The minimum absolute atomic E-state index is 0.242. The second-order valence-corrected chi connectivity index (χ2v) is 10.3. The fourth-order valence-electron chi connectivity index (χ4n) is 3.74. The van der Waals surface area contributed by atoms with Crippen LogP contribution in [0.5, 0.6) is 0 Å². The van der Waals surface area contributed by atoms with Gasteiger partial charge in [0.25, 0.3) is 5.56 Å². The molecule has 1 aliphatic rings. The Morgan fingerprint density at radius 1 is 1.18 bits per heavy atom. The molecule has 3 aromatic heterocycles. The Morgan fingerprint density at radius 2 is 1.94 bits per heavy atom. The highest BCUT2D eigenvalue weighted by atomic mass is 32.2. The zero-order chi connectivity index (χ0) is 23.1. The lowest BCUT2D eigenvalue weighted by molar-refractivity contribution is -0.115. The minimum Gasteiger partial charge on any atom is -0.319 e. The number of para-hydroxylation sites is 1. The van der Waals surface area contributed by atoms with Crippen molar-refractivity contribution in [1.82, 2.24) is 24.1 Å². The minimum atomic E-state index is -0.452. The van der Waals surface area contributed by atoms with Crippen LogP contribution in [-0.2, 0) is 11.8 Å². The molecule has 1 fully saturated rings. The van der Waals surface area contributed by atoms with E-state index >= 15 is 0 Å². The number of hydrogen-bond acceptors (Lipinski definition) is 6. The summed E-state index contributed by atoms with van der Waals surface area (Å²) < 4.78 is 5.46. The van der Waals surface area contributed by atoms with E-state index in [4.69, 9.17) is 0 Å². The molecule has 33 heavy (non-hydrogen) atoms. The van der Waals surface area contributed by atoms with Crippen LogP contribution in [-0.4, -0.2) is 35.3 Å². The molecule has 1 aliphatic carbocycles. The number of anilines is 1. The molecule has 0 saturated heterocycles. The van der Waals surface area contributed by atoms with Crippen molar-refractivity contribution in [3.8, 4) is 16.4 Å². The number of nitrogens with zero attached hydrogens (tertiary/aromatic N) is 5. The number of thiophene rings is 1. The van der Waals surface area contributed by atoms with Gasteiger partial charge in [-0.3, -0.25) is 18.8 Å². The van der Waals surface area contributed by atoms with Crippen molar-refractivity contribution in [1.29, 1.82) is 0 Å². The summed E-state index contributed by atoms with van der Waals surface area (Å²) in [6.07, 6.45) is 2.18. The quantitative estimate of drug-likeness (QED) is 0.400. The summed E-state index contributed by atoms with van der Waals surface area (Å²) >= 11 is 3.00. The number of aromatic nitrogens is 5. The van der Waals surface area contributed by atoms with Gasteiger partial charge in [0.15, 0.2) is 11.0 Å². The maximum Gasteiger partial charge on any atom is 0.295 e. The number of amides is 1. The van der Waals surface area contributed by atoms with Gasteiger partial charge in [0.2, 0.25) is 5.91 Å². The Hall–Kier alpha value is -3.11. The number of nitrogens with one attached hydrogen (secondary N) is 1. The van der Waals surface area contributed by atoms with Gasteiger partial charge in [0.1, 0.15) is 5.69 Å². The van der Waals surface area contributed by atoms with Gasteiger partial charge >= 0.3 is 0 Å². The molecule has 0 aliphatic heterocycles. The number of benzene rings is 1. The first kappa shape index (κ1) is 21.7. The van der Waals surface area contributed by atoms with Gasteiger partial charge in [-0.2, -0.15) is 0 Å². The molecule has 1 N–H and O–H groups in total. The summed E-state index contributed by atoms with van der Waals surface area (Å²) in [5.41, 5.74) is 1.47. The number of thioether (sulfide) groups is 1. The topological polar surface area (TPSA) is 86.7 Å². The molecular formula is C23H24N6O2S2. The summed E-state index contributed by atoms with van der Waals surface area (Å²) in [4.78, 5) is 27.2. The predicted octanol–water partition coefficient (Wildman–Crippen LogP) is 4.26. The van der Waals surface area contributed by atoms with Crippen molar-refractivity contribution in [2.24, 2.45) is 7.05 Å². The van der Waals surface area contributed by atoms with E-state index in [0.29, 0.717) is 17.4 Å². The fourth-order valence-corrected chi connectivity index (χ4v) is 5.37. The van der Waals surface area contributed by atoms with Crippen LogP contribution in [0.2, 0.25) is 0 Å². The molecule has 1 unspecified atom stereocenters. The van der Waals surface area contributed by atoms with Gasteiger partial charge < -0.3 is 5.32 Å². The second kappa shape index (κ2) is 8.68. The average Bonchev–Trinajstić information content (AvgIpc) is 3.25. The van der Waals surface area contributed by atoms with Crippen molar-refractivity contribution in [2.45, 2.75) is 43.1 Å². The van der Waals surface area contributed by atoms with Crippen LogP contribution >= 0.6 is 23.1 Å². The van der Waals surface area contributed by atoms with Crippen LogP contribution in [0.15, 0.2) is 57.8 Å². The maximum absolute atomic E-state index is 13.1. The standard InChI is InChI=1S/C23H24N6O2S2/c1-14-19(22(31)29(27(14)3)17-8-5-4-6-9-17)24-21(30)15(2)33-23-26-25-20(18-10-7-13-32-18)28(23)16-11-12-16/h4-10,13,15-16H,11-12H2,1-3H3,(H,24,30). The van der Waals surface area contributed by atoms with E-state index in [1.165, 1.54) is 11.8 Å². The molecule has 3 heterocycles. The lowest BCUT2D eigenvalue weighted by atomic mass is 10.3. The largest absolute Gasteiger partial charge is 0.319 e. The SMILES string of the molecule is Cc1c(NC(=O)C(C)Sc2nnc(-c3cccs3)n2C2CC2)c(=O)n(-c2ccccc2)n1C. The van der Waals surface area contributed by atoms with Crippen LogP contribution in [0.1, 0.15) is 31.5 Å². The summed E-state index contributed by atoms with van der Waals surface area (Å²) in [6.45, 7) is 3.65. The fraction of sp³-hybridized carbons (Fsp3) is 0.304. The van der Waals surface area contributed by atoms with Crippen LogP contribution in [0, 0.1) is 6.92 Å². The lowest BCUT2D eigenvalue weighted by Crippen LogP contribution is -2.27. The number of rotatable bonds is 7. The monoisotopic (exact) mass is 480 g/mol. The number of carbonyl (C=O) groups is 1. The summed E-state index contributed by atoms with van der Waals surface area (Å²) in [7, 11) is 1.81. The Kier molecular flexibility index (Phi) is 5.71. The molecular weight excluding hydrogens is 456 g/mol. The molecule has 0 spiro atoms. The van der Waals surface area contributed by atoms with E-state index in [0.717, 1.165) is 34.4 Å². The third-order valence-electron chi connectivity index (χ3n) is 5.77. The summed E-state index contributed by atoms with van der Waals surface area (Å²) in [6, 6.07) is 13.8. The van der Waals surface area contributed by atoms with Crippen LogP contribution in [0.4, 0.5) is 5.69 Å². The molecule has 1 atom stereocenters. The van der Waals surface area contributed by atoms with E-state index in [1.54, 1.807) is 20.7 Å². The average molecular weight is 481 g/mol. The zero-order valence-electron chi connectivity index (χ0n) is 18.6. The zero-order valence-corrected chi connectivity index (χ0v) is 20.2. The van der Waals surface area contributed by atoms with E-state index in [2.05, 4.69) is 20.1 Å². The van der Waals surface area contributed by atoms with Crippen LogP contribution in [0.25, 0.3) is 16.4 Å². The van der Waals surface area contributed by atoms with Crippen molar-refractivity contribution in [2.75, 3.05) is 5.32 Å². The van der Waals surface area contributed by atoms with Gasteiger partial charge in [-0.15, -0.1) is 21.5 Å². The van der Waals surface area contributed by atoms with E-state index in [-0.39, 0.29) is 11.5 Å². The molecule has 8 nitrogen and oxygen atoms in total. The summed E-state index contributed by atoms with van der Waals surface area (Å²) in [5, 5.41) is 14.0. The van der Waals surface area contributed by atoms with Crippen LogP contribution < -0.4 is 10.9 Å².